The molecule has 0 aliphatic carbocycles. The number of methoxy groups -OCH3 is 1. The van der Waals surface area contributed by atoms with Crippen molar-refractivity contribution in [2.24, 2.45) is 0 Å². The molecule has 3 rings (SSSR count). The lowest BCUT2D eigenvalue weighted by molar-refractivity contribution is 0.415. The summed E-state index contributed by atoms with van der Waals surface area (Å²) in [6.45, 7) is 5.85. The molecule has 0 spiro atoms. The molecule has 3 aromatic rings. The molecular formula is C21H21N3O. The predicted molar refractivity (Wildman–Crippen MR) is 102 cm³/mol. The van der Waals surface area contributed by atoms with E-state index in [4.69, 9.17) is 9.72 Å². The molecule has 1 aromatic heterocycles. The first kappa shape index (κ1) is 16.7. The van der Waals surface area contributed by atoms with Crippen LogP contribution in [0.4, 0.5) is 11.5 Å². The number of anilines is 2. The van der Waals surface area contributed by atoms with E-state index in [0.29, 0.717) is 12.2 Å². The average Bonchev–Trinajstić information content (AvgIpc) is 2.65. The molecule has 2 aromatic carbocycles. The first-order valence-electron chi connectivity index (χ1n) is 8.16. The summed E-state index contributed by atoms with van der Waals surface area (Å²) in [6.07, 6.45) is 2.58. The lowest BCUT2D eigenvalue weighted by atomic mass is 10.1. The van der Waals surface area contributed by atoms with Gasteiger partial charge in [0, 0.05) is 22.5 Å². The molecule has 4 nitrogen and oxygen atoms in total. The Hall–Kier alpha value is -3.14. The molecule has 0 saturated carbocycles. The summed E-state index contributed by atoms with van der Waals surface area (Å²) in [5.74, 6) is 2.33. The molecule has 1 N–H and O–H groups in total. The normalized spacial score (nSPS) is 10.3. The second kappa shape index (κ2) is 7.62. The van der Waals surface area contributed by atoms with Crippen molar-refractivity contribution in [1.29, 1.82) is 0 Å². The number of nitrogens with zero attached hydrogens (tertiary/aromatic N) is 2. The molecule has 0 radical (unpaired) electrons. The lowest BCUT2D eigenvalue weighted by Crippen LogP contribution is -2.05. The molecule has 0 aliphatic rings. The lowest BCUT2D eigenvalue weighted by Gasteiger charge is -2.14. The number of ether oxygens (including phenoxy) is 1. The molecule has 0 bridgehead atoms. The summed E-state index contributed by atoms with van der Waals surface area (Å²) in [7, 11) is 1.66. The van der Waals surface area contributed by atoms with Crippen molar-refractivity contribution >= 4 is 11.5 Å². The SMILES string of the molecule is C=CCc1c(C)nc(-c2ccccc2)nc1Nc1ccc(OC)cc1. The largest absolute Gasteiger partial charge is 0.497 e. The number of rotatable bonds is 6. The van der Waals surface area contributed by atoms with E-state index in [2.05, 4.69) is 16.9 Å². The van der Waals surface area contributed by atoms with Gasteiger partial charge in [-0.3, -0.25) is 0 Å². The molecule has 0 atom stereocenters. The first-order chi connectivity index (χ1) is 12.2. The molecule has 1 heterocycles. The van der Waals surface area contributed by atoms with Gasteiger partial charge in [-0.15, -0.1) is 6.58 Å². The van der Waals surface area contributed by atoms with Crippen molar-refractivity contribution in [3.8, 4) is 17.1 Å². The molecule has 0 saturated heterocycles. The smallest absolute Gasteiger partial charge is 0.161 e. The van der Waals surface area contributed by atoms with E-state index in [0.717, 1.165) is 34.1 Å². The van der Waals surface area contributed by atoms with Crippen LogP contribution in [0.3, 0.4) is 0 Å². The number of nitrogens with one attached hydrogen (secondary N) is 1. The molecular weight excluding hydrogens is 310 g/mol. The van der Waals surface area contributed by atoms with E-state index in [9.17, 15) is 0 Å². The van der Waals surface area contributed by atoms with Crippen LogP contribution in [0.1, 0.15) is 11.3 Å². The number of aromatic nitrogens is 2. The fourth-order valence-corrected chi connectivity index (χ4v) is 2.62. The second-order valence-corrected chi connectivity index (χ2v) is 5.67. The van der Waals surface area contributed by atoms with E-state index in [1.165, 1.54) is 0 Å². The molecule has 0 fully saturated rings. The topological polar surface area (TPSA) is 47.0 Å². The van der Waals surface area contributed by atoms with Gasteiger partial charge < -0.3 is 10.1 Å². The minimum absolute atomic E-state index is 0.708. The predicted octanol–water partition coefficient (Wildman–Crippen LogP) is 4.93. The zero-order chi connectivity index (χ0) is 17.6. The van der Waals surface area contributed by atoms with E-state index < -0.39 is 0 Å². The van der Waals surface area contributed by atoms with Crippen molar-refractivity contribution in [3.05, 3.63) is 78.5 Å². The third-order valence-electron chi connectivity index (χ3n) is 3.95. The summed E-state index contributed by atoms with van der Waals surface area (Å²) >= 11 is 0. The summed E-state index contributed by atoms with van der Waals surface area (Å²) in [5, 5.41) is 3.41. The number of benzene rings is 2. The van der Waals surface area contributed by atoms with Crippen LogP contribution < -0.4 is 10.1 Å². The van der Waals surface area contributed by atoms with Crippen LogP contribution in [0.25, 0.3) is 11.4 Å². The number of hydrogen-bond donors (Lipinski definition) is 1. The van der Waals surface area contributed by atoms with Crippen LogP contribution in [0.5, 0.6) is 5.75 Å². The van der Waals surface area contributed by atoms with Crippen molar-refractivity contribution in [2.75, 3.05) is 12.4 Å². The van der Waals surface area contributed by atoms with Crippen molar-refractivity contribution in [3.63, 3.8) is 0 Å². The third-order valence-corrected chi connectivity index (χ3v) is 3.95. The van der Waals surface area contributed by atoms with Gasteiger partial charge in [-0.05, 0) is 37.6 Å². The van der Waals surface area contributed by atoms with Crippen LogP contribution in [0.15, 0.2) is 67.3 Å². The van der Waals surface area contributed by atoms with Gasteiger partial charge in [-0.2, -0.15) is 0 Å². The Morgan fingerprint density at radius 3 is 2.40 bits per heavy atom. The highest BCUT2D eigenvalue weighted by atomic mass is 16.5. The van der Waals surface area contributed by atoms with Gasteiger partial charge in [0.2, 0.25) is 0 Å². The highest BCUT2D eigenvalue weighted by molar-refractivity contribution is 5.65. The summed E-state index contributed by atoms with van der Waals surface area (Å²) in [5.41, 5.74) is 3.94. The van der Waals surface area contributed by atoms with Gasteiger partial charge in [-0.25, -0.2) is 9.97 Å². The monoisotopic (exact) mass is 331 g/mol. The average molecular weight is 331 g/mol. The van der Waals surface area contributed by atoms with Gasteiger partial charge in [0.15, 0.2) is 5.82 Å². The summed E-state index contributed by atoms with van der Waals surface area (Å²) in [4.78, 5) is 9.43. The maximum Gasteiger partial charge on any atom is 0.161 e. The number of allylic oxidation sites excluding steroid dienone is 1. The van der Waals surface area contributed by atoms with Crippen LogP contribution in [0, 0.1) is 6.92 Å². The first-order valence-corrected chi connectivity index (χ1v) is 8.16. The second-order valence-electron chi connectivity index (χ2n) is 5.67. The third kappa shape index (κ3) is 3.86. The molecule has 4 heteroatoms. The Labute approximate surface area is 148 Å². The van der Waals surface area contributed by atoms with Crippen molar-refractivity contribution < 1.29 is 4.74 Å². The molecule has 0 unspecified atom stereocenters. The Morgan fingerprint density at radius 1 is 1.04 bits per heavy atom. The van der Waals surface area contributed by atoms with Gasteiger partial charge >= 0.3 is 0 Å². The minimum atomic E-state index is 0.708. The van der Waals surface area contributed by atoms with E-state index in [1.807, 2.05) is 67.6 Å². The fraction of sp³-hybridized carbons (Fsp3) is 0.143. The maximum absolute atomic E-state index is 5.21. The Bertz CT molecular complexity index is 858. The molecule has 126 valence electrons. The molecule has 25 heavy (non-hydrogen) atoms. The zero-order valence-corrected chi connectivity index (χ0v) is 14.5. The highest BCUT2D eigenvalue weighted by Crippen LogP contribution is 2.26. The number of aryl methyl sites for hydroxylation is 1. The van der Waals surface area contributed by atoms with Gasteiger partial charge in [0.25, 0.3) is 0 Å². The Kier molecular flexibility index (Phi) is 5.09. The molecule has 0 amide bonds. The van der Waals surface area contributed by atoms with Crippen LogP contribution >= 0.6 is 0 Å². The van der Waals surface area contributed by atoms with E-state index in [-0.39, 0.29) is 0 Å². The standard InChI is InChI=1S/C21H21N3O/c1-4-8-19-15(2)22-20(16-9-6-5-7-10-16)24-21(19)23-17-11-13-18(25-3)14-12-17/h4-7,9-14H,1,8H2,2-3H3,(H,22,23,24). The van der Waals surface area contributed by atoms with Crippen LogP contribution in [0.2, 0.25) is 0 Å². The quantitative estimate of drug-likeness (QED) is 0.650. The number of hydrogen-bond acceptors (Lipinski definition) is 4. The molecule has 0 aliphatic heterocycles. The fourth-order valence-electron chi connectivity index (χ4n) is 2.62. The van der Waals surface area contributed by atoms with Gasteiger partial charge in [0.1, 0.15) is 11.6 Å². The highest BCUT2D eigenvalue weighted by Gasteiger charge is 2.12. The van der Waals surface area contributed by atoms with Crippen LogP contribution in [-0.4, -0.2) is 17.1 Å². The maximum atomic E-state index is 5.21. The Morgan fingerprint density at radius 2 is 1.76 bits per heavy atom. The van der Waals surface area contributed by atoms with Gasteiger partial charge in [-0.1, -0.05) is 36.4 Å². The van der Waals surface area contributed by atoms with E-state index in [1.54, 1.807) is 7.11 Å². The van der Waals surface area contributed by atoms with Crippen molar-refractivity contribution in [1.82, 2.24) is 9.97 Å². The zero-order valence-electron chi connectivity index (χ0n) is 14.5. The van der Waals surface area contributed by atoms with Crippen molar-refractivity contribution in [2.45, 2.75) is 13.3 Å². The summed E-state index contributed by atoms with van der Waals surface area (Å²) < 4.78 is 5.21. The van der Waals surface area contributed by atoms with Gasteiger partial charge in [0.05, 0.1) is 7.11 Å². The minimum Gasteiger partial charge on any atom is -0.497 e. The summed E-state index contributed by atoms with van der Waals surface area (Å²) in [6, 6.07) is 17.8. The van der Waals surface area contributed by atoms with E-state index >= 15 is 0 Å². The van der Waals surface area contributed by atoms with Crippen LogP contribution in [-0.2, 0) is 6.42 Å². The Balaban J connectivity index is 2.02.